The Balaban J connectivity index is 3.29. The molecule has 13 N–H and O–H groups in total. The normalized spacial score (nSPS) is 22.7. The topological polar surface area (TPSA) is 323 Å². The molecule has 1 heterocycles. The molecule has 0 aliphatic carbocycles. The largest absolute Gasteiger partial charge is 0.481 e. The summed E-state index contributed by atoms with van der Waals surface area (Å²) < 4.78 is 0. The van der Waals surface area contributed by atoms with Crippen LogP contribution in [-0.4, -0.2) is 132 Å². The van der Waals surface area contributed by atoms with Crippen LogP contribution in [0.1, 0.15) is 26.2 Å². The van der Waals surface area contributed by atoms with E-state index in [-0.39, 0.29) is 42.9 Å². The van der Waals surface area contributed by atoms with E-state index in [0.717, 1.165) is 16.7 Å². The van der Waals surface area contributed by atoms with Crippen molar-refractivity contribution in [3.8, 4) is 0 Å². The first-order valence-electron chi connectivity index (χ1n) is 13.7. The molecule has 0 aromatic carbocycles. The number of carboxylic acid groups (broad SMARTS) is 1. The van der Waals surface area contributed by atoms with Crippen LogP contribution in [0.3, 0.4) is 0 Å². The Kier molecular flexibility index (Phi) is 16.7. The number of aliphatic imine (C=N–C) groups is 1. The molecule has 4 atom stereocenters. The van der Waals surface area contributed by atoms with E-state index in [4.69, 9.17) is 17.2 Å². The van der Waals surface area contributed by atoms with Crippen molar-refractivity contribution in [2.75, 3.05) is 44.9 Å². The predicted molar refractivity (Wildman–Crippen MR) is 161 cm³/mol. The summed E-state index contributed by atoms with van der Waals surface area (Å²) in [7, 11) is 1.30. The highest BCUT2D eigenvalue weighted by Gasteiger charge is 2.30. The molecule has 0 saturated carbocycles. The molecular weight excluding hydrogens is 618 g/mol. The molecule has 1 aliphatic heterocycles. The van der Waals surface area contributed by atoms with Crippen molar-refractivity contribution in [2.45, 2.75) is 50.4 Å². The van der Waals surface area contributed by atoms with Gasteiger partial charge in [0.15, 0.2) is 5.96 Å². The standard InChI is InChI=1S/C24H41N11O9S/c1-12(36)32-11-45-10-15-22(43)31-9-18(38)35(2)16(4-3-5-28-24(26)27)23(44)30-8-17(37)33-14(6-19(39)40)21(42)29-7-13(25)20(41)34-15/h13-16H,3-11,25H2,1-2H3,(H,29,42)(H,30,44)(H,31,43)(H,32,36)(H,33,37)(H,34,41)(H,39,40)(H4,26,27,28). The number of nitrogens with zero attached hydrogens (tertiary/aromatic N) is 2. The molecule has 21 heteroatoms. The molecule has 1 rings (SSSR count). The first kappa shape index (κ1) is 38.4. The number of aliphatic carboxylic acids is 1. The Hall–Kier alpha value is -4.66. The molecule has 0 spiro atoms. The monoisotopic (exact) mass is 659 g/mol. The van der Waals surface area contributed by atoms with E-state index in [1.807, 2.05) is 0 Å². The van der Waals surface area contributed by atoms with Gasteiger partial charge in [-0.3, -0.25) is 43.3 Å². The van der Waals surface area contributed by atoms with Crippen molar-refractivity contribution in [1.82, 2.24) is 36.8 Å². The first-order valence-corrected chi connectivity index (χ1v) is 14.8. The van der Waals surface area contributed by atoms with Crippen molar-refractivity contribution in [2.24, 2.45) is 22.2 Å². The summed E-state index contributed by atoms with van der Waals surface area (Å²) in [6.45, 7) is -0.327. The fourth-order valence-corrected chi connectivity index (χ4v) is 4.60. The maximum absolute atomic E-state index is 13.1. The number of hydrogen-bond acceptors (Lipinski definition) is 11. The van der Waals surface area contributed by atoms with Crippen molar-refractivity contribution >= 4 is 65.0 Å². The number of rotatable bonds is 10. The fraction of sp³-hybridized carbons (Fsp3) is 0.625. The number of nitrogens with two attached hydrogens (primary N) is 3. The van der Waals surface area contributed by atoms with Crippen LogP contribution in [0.4, 0.5) is 0 Å². The van der Waals surface area contributed by atoms with Crippen molar-refractivity contribution in [1.29, 1.82) is 0 Å². The maximum atomic E-state index is 13.1. The number of carbonyl (C=O) groups excluding carboxylic acids is 7. The second-order valence-electron chi connectivity index (χ2n) is 9.78. The van der Waals surface area contributed by atoms with Gasteiger partial charge in [-0.15, -0.1) is 11.8 Å². The lowest BCUT2D eigenvalue weighted by atomic mass is 10.1. The molecule has 4 unspecified atom stereocenters. The molecular formula is C24H41N11O9S. The lowest BCUT2D eigenvalue weighted by Gasteiger charge is -2.28. The number of likely N-dealkylation sites (N-methyl/N-ethyl adjacent to an activating group) is 1. The van der Waals surface area contributed by atoms with Gasteiger partial charge in [0.2, 0.25) is 41.4 Å². The third kappa shape index (κ3) is 15.1. The number of carbonyl (C=O) groups is 8. The van der Waals surface area contributed by atoms with Crippen LogP contribution in [0.5, 0.6) is 0 Å². The van der Waals surface area contributed by atoms with Crippen LogP contribution >= 0.6 is 11.8 Å². The summed E-state index contributed by atoms with van der Waals surface area (Å²) in [4.78, 5) is 104. The van der Waals surface area contributed by atoms with Gasteiger partial charge in [0.05, 0.1) is 25.4 Å². The van der Waals surface area contributed by atoms with Gasteiger partial charge in [-0.25, -0.2) is 0 Å². The second kappa shape index (κ2) is 19.6. The predicted octanol–water partition coefficient (Wildman–Crippen LogP) is -6.17. The number of amides is 7. The van der Waals surface area contributed by atoms with Crippen LogP contribution in [0, 0.1) is 0 Å². The minimum absolute atomic E-state index is 0.0425. The lowest BCUT2D eigenvalue weighted by Crippen LogP contribution is -2.57. The van der Waals surface area contributed by atoms with Gasteiger partial charge in [-0.1, -0.05) is 0 Å². The molecule has 20 nitrogen and oxygen atoms in total. The van der Waals surface area contributed by atoms with Crippen LogP contribution < -0.4 is 49.1 Å². The van der Waals surface area contributed by atoms with Gasteiger partial charge < -0.3 is 59.1 Å². The maximum Gasteiger partial charge on any atom is 0.305 e. The van der Waals surface area contributed by atoms with E-state index in [1.54, 1.807) is 0 Å². The summed E-state index contributed by atoms with van der Waals surface area (Å²) in [5, 5.41) is 23.4. The minimum atomic E-state index is -1.59. The molecule has 1 saturated heterocycles. The number of carboxylic acids is 1. The van der Waals surface area contributed by atoms with Gasteiger partial charge >= 0.3 is 5.97 Å². The average Bonchev–Trinajstić information content (AvgIpc) is 2.96. The van der Waals surface area contributed by atoms with Crippen LogP contribution in [-0.2, 0) is 38.4 Å². The van der Waals surface area contributed by atoms with Crippen molar-refractivity contribution in [3.63, 3.8) is 0 Å². The Morgan fingerprint density at radius 2 is 1.62 bits per heavy atom. The van der Waals surface area contributed by atoms with E-state index in [2.05, 4.69) is 36.9 Å². The molecule has 7 amide bonds. The van der Waals surface area contributed by atoms with Gasteiger partial charge in [0.25, 0.3) is 0 Å². The van der Waals surface area contributed by atoms with E-state index < -0.39 is 91.6 Å². The van der Waals surface area contributed by atoms with Crippen molar-refractivity contribution < 1.29 is 43.5 Å². The fourth-order valence-electron chi connectivity index (χ4n) is 3.71. The Labute approximate surface area is 262 Å². The summed E-state index contributed by atoms with van der Waals surface area (Å²) >= 11 is 1.08. The van der Waals surface area contributed by atoms with E-state index in [9.17, 15) is 43.5 Å². The third-order valence-corrected chi connectivity index (χ3v) is 7.05. The smallest absolute Gasteiger partial charge is 0.305 e. The lowest BCUT2D eigenvalue weighted by molar-refractivity contribution is -0.141. The number of guanidine groups is 1. The molecule has 1 fully saturated rings. The van der Waals surface area contributed by atoms with Crippen LogP contribution in [0.15, 0.2) is 4.99 Å². The Morgan fingerprint density at radius 3 is 2.24 bits per heavy atom. The second-order valence-corrected chi connectivity index (χ2v) is 10.8. The van der Waals surface area contributed by atoms with Crippen LogP contribution in [0.25, 0.3) is 0 Å². The minimum Gasteiger partial charge on any atom is -0.481 e. The molecule has 252 valence electrons. The van der Waals surface area contributed by atoms with Gasteiger partial charge in [0.1, 0.15) is 24.2 Å². The van der Waals surface area contributed by atoms with Gasteiger partial charge in [0, 0.05) is 32.8 Å². The summed E-state index contributed by atoms with van der Waals surface area (Å²) in [6.07, 6.45) is -0.543. The van der Waals surface area contributed by atoms with Crippen LogP contribution in [0.2, 0.25) is 0 Å². The SMILES string of the molecule is CC(=O)NCSCC1NC(=O)C(N)CNC(=O)C(CC(=O)O)NC(=O)CNC(=O)C(CCCN=C(N)N)N(C)C(=O)CNC1=O. The van der Waals surface area contributed by atoms with E-state index in [0.29, 0.717) is 0 Å². The first-order chi connectivity index (χ1) is 21.1. The highest BCUT2D eigenvalue weighted by molar-refractivity contribution is 7.99. The average molecular weight is 660 g/mol. The van der Waals surface area contributed by atoms with Gasteiger partial charge in [-0.2, -0.15) is 0 Å². The van der Waals surface area contributed by atoms with E-state index in [1.165, 1.54) is 14.0 Å². The molecule has 0 aromatic heterocycles. The summed E-state index contributed by atoms with van der Waals surface area (Å²) in [5.41, 5.74) is 16.5. The zero-order chi connectivity index (χ0) is 34.1. The molecule has 0 radical (unpaired) electrons. The highest BCUT2D eigenvalue weighted by atomic mass is 32.2. The molecule has 45 heavy (non-hydrogen) atoms. The molecule has 0 bridgehead atoms. The third-order valence-electron chi connectivity index (χ3n) is 6.13. The highest BCUT2D eigenvalue weighted by Crippen LogP contribution is 2.08. The summed E-state index contributed by atoms with van der Waals surface area (Å²) in [5.74, 6) is -6.87. The Morgan fingerprint density at radius 1 is 0.978 bits per heavy atom. The van der Waals surface area contributed by atoms with Crippen molar-refractivity contribution in [3.05, 3.63) is 0 Å². The quantitative estimate of drug-likeness (QED) is 0.0452. The number of nitrogens with one attached hydrogen (secondary N) is 6. The zero-order valence-electron chi connectivity index (χ0n) is 24.9. The van der Waals surface area contributed by atoms with E-state index >= 15 is 0 Å². The number of thioether (sulfide) groups is 1. The number of hydrogen-bond donors (Lipinski definition) is 10. The molecule has 0 aromatic rings. The zero-order valence-corrected chi connectivity index (χ0v) is 25.7. The summed E-state index contributed by atoms with van der Waals surface area (Å²) in [6, 6.07) is -5.39. The molecule has 1 aliphatic rings. The van der Waals surface area contributed by atoms with Gasteiger partial charge in [-0.05, 0) is 12.8 Å². The Bertz CT molecular complexity index is 1150.